The van der Waals surface area contributed by atoms with Crippen molar-refractivity contribution in [3.8, 4) is 0 Å². The van der Waals surface area contributed by atoms with Crippen LogP contribution in [0, 0.1) is 22.5 Å². The Balaban J connectivity index is 2.22. The van der Waals surface area contributed by atoms with E-state index < -0.39 is 0 Å². The van der Waals surface area contributed by atoms with Crippen LogP contribution in [0.3, 0.4) is 0 Å². The van der Waals surface area contributed by atoms with Gasteiger partial charge in [0.15, 0.2) is 0 Å². The first-order chi connectivity index (χ1) is 10.7. The molecule has 0 nitrogen and oxygen atoms in total. The van der Waals surface area contributed by atoms with Gasteiger partial charge in [0.25, 0.3) is 0 Å². The summed E-state index contributed by atoms with van der Waals surface area (Å²) in [6, 6.07) is 12.7. The van der Waals surface area contributed by atoms with Crippen molar-refractivity contribution in [2.45, 2.75) is 27.7 Å². The number of hydrogen-bond acceptors (Lipinski definition) is 0. The maximum absolute atomic E-state index is 13.2. The quantitative estimate of drug-likeness (QED) is 0.598. The van der Waals surface area contributed by atoms with E-state index in [0.29, 0.717) is 0 Å². The predicted molar refractivity (Wildman–Crippen MR) is 89.9 cm³/mol. The zero-order valence-electron chi connectivity index (χ0n) is 13.9. The van der Waals surface area contributed by atoms with Crippen molar-refractivity contribution >= 4 is 5.57 Å². The van der Waals surface area contributed by atoms with Gasteiger partial charge in [-0.1, -0.05) is 52.0 Å². The first-order valence-electron chi connectivity index (χ1n) is 7.77. The molecule has 0 atom stereocenters. The van der Waals surface area contributed by atoms with E-state index in [1.165, 1.54) is 29.8 Å². The lowest BCUT2D eigenvalue weighted by Gasteiger charge is -2.06. The van der Waals surface area contributed by atoms with E-state index in [1.807, 2.05) is 0 Å². The summed E-state index contributed by atoms with van der Waals surface area (Å²) in [4.78, 5) is 0. The average Bonchev–Trinajstić information content (AvgIpc) is 2.88. The van der Waals surface area contributed by atoms with Gasteiger partial charge in [0, 0.05) is 16.4 Å². The molecular weight excluding hydrogens is 290 g/mol. The Kier molecular flexibility index (Phi) is 3.54. The summed E-state index contributed by atoms with van der Waals surface area (Å²) >= 11 is 0. The second-order valence-corrected chi connectivity index (χ2v) is 7.14. The molecule has 2 heteroatoms. The Morgan fingerprint density at radius 2 is 1.04 bits per heavy atom. The Morgan fingerprint density at radius 3 is 1.35 bits per heavy atom. The summed E-state index contributed by atoms with van der Waals surface area (Å²) < 4.78 is 26.5. The molecule has 0 aromatic heterocycles. The maximum Gasteiger partial charge on any atom is 0.123 e. The predicted octanol–water partition coefficient (Wildman–Crippen LogP) is 5.99. The molecule has 1 aliphatic rings. The van der Waals surface area contributed by atoms with Crippen molar-refractivity contribution in [2.24, 2.45) is 10.8 Å². The lowest BCUT2D eigenvalue weighted by atomic mass is 9.98. The molecule has 0 bridgehead atoms. The second-order valence-electron chi connectivity index (χ2n) is 7.14. The fraction of sp³-hybridized carbons (Fsp3) is 0.286. The highest BCUT2D eigenvalue weighted by Crippen LogP contribution is 2.67. The van der Waals surface area contributed by atoms with E-state index in [-0.39, 0.29) is 22.5 Å². The zero-order chi connectivity index (χ0) is 16.8. The van der Waals surface area contributed by atoms with Gasteiger partial charge in [0.1, 0.15) is 11.6 Å². The van der Waals surface area contributed by atoms with Crippen LogP contribution in [-0.2, 0) is 0 Å². The SMILES string of the molecule is CC1(C)C(=C=C(c2ccc(F)cc2)c2ccc(F)cc2)C1(C)C. The van der Waals surface area contributed by atoms with Crippen LogP contribution in [0.1, 0.15) is 38.8 Å². The van der Waals surface area contributed by atoms with E-state index in [2.05, 4.69) is 33.4 Å². The highest BCUT2D eigenvalue weighted by atomic mass is 19.1. The van der Waals surface area contributed by atoms with E-state index in [0.717, 1.165) is 16.7 Å². The maximum atomic E-state index is 13.2. The van der Waals surface area contributed by atoms with Gasteiger partial charge in [-0.15, -0.1) is 5.73 Å². The monoisotopic (exact) mass is 310 g/mol. The minimum Gasteiger partial charge on any atom is -0.207 e. The molecule has 0 N–H and O–H groups in total. The van der Waals surface area contributed by atoms with Crippen LogP contribution in [-0.4, -0.2) is 0 Å². The standard InChI is InChI=1S/C21H20F2/c1-20(2)19(21(20,3)4)13-18(14-5-9-16(22)10-6-14)15-7-11-17(23)12-8-15/h5-12H,1-4H3. The van der Waals surface area contributed by atoms with Crippen molar-refractivity contribution in [3.63, 3.8) is 0 Å². The van der Waals surface area contributed by atoms with Crippen LogP contribution in [0.5, 0.6) is 0 Å². The highest BCUT2D eigenvalue weighted by molar-refractivity contribution is 5.80. The number of allylic oxidation sites excluding steroid dienone is 1. The molecule has 0 spiro atoms. The Bertz CT molecular complexity index is 736. The third-order valence-electron chi connectivity index (χ3n) is 5.27. The molecule has 0 aliphatic heterocycles. The molecule has 1 aliphatic carbocycles. The van der Waals surface area contributed by atoms with Gasteiger partial charge < -0.3 is 0 Å². The molecule has 1 saturated carbocycles. The zero-order valence-corrected chi connectivity index (χ0v) is 13.9. The molecule has 118 valence electrons. The molecule has 0 saturated heterocycles. The highest BCUT2D eigenvalue weighted by Gasteiger charge is 2.60. The van der Waals surface area contributed by atoms with E-state index in [1.54, 1.807) is 24.3 Å². The van der Waals surface area contributed by atoms with Crippen molar-refractivity contribution < 1.29 is 8.78 Å². The van der Waals surface area contributed by atoms with E-state index in [9.17, 15) is 8.78 Å². The van der Waals surface area contributed by atoms with Crippen molar-refractivity contribution in [1.82, 2.24) is 0 Å². The third kappa shape index (κ3) is 2.64. The van der Waals surface area contributed by atoms with Crippen molar-refractivity contribution in [1.29, 1.82) is 0 Å². The van der Waals surface area contributed by atoms with Crippen LogP contribution >= 0.6 is 0 Å². The molecule has 0 heterocycles. The number of benzene rings is 2. The van der Waals surface area contributed by atoms with Crippen LogP contribution < -0.4 is 0 Å². The number of halogens is 2. The first kappa shape index (κ1) is 15.7. The summed E-state index contributed by atoms with van der Waals surface area (Å²) in [5.41, 5.74) is 7.56. The minimum absolute atomic E-state index is 0.0817. The Morgan fingerprint density at radius 1 is 0.696 bits per heavy atom. The summed E-state index contributed by atoms with van der Waals surface area (Å²) in [5, 5.41) is 0. The van der Waals surface area contributed by atoms with Gasteiger partial charge in [0.05, 0.1) is 0 Å². The average molecular weight is 310 g/mol. The summed E-state index contributed by atoms with van der Waals surface area (Å²) in [6.45, 7) is 8.79. The lowest BCUT2D eigenvalue weighted by Crippen LogP contribution is -1.95. The second kappa shape index (κ2) is 5.18. The van der Waals surface area contributed by atoms with E-state index in [4.69, 9.17) is 0 Å². The molecule has 23 heavy (non-hydrogen) atoms. The molecular formula is C21H20F2. The van der Waals surface area contributed by atoms with Gasteiger partial charge in [-0.3, -0.25) is 0 Å². The summed E-state index contributed by atoms with van der Waals surface area (Å²) in [5.74, 6) is -0.543. The normalized spacial score (nSPS) is 17.6. The van der Waals surface area contributed by atoms with Crippen molar-refractivity contribution in [3.05, 3.63) is 82.6 Å². The molecule has 0 radical (unpaired) electrons. The van der Waals surface area contributed by atoms with Gasteiger partial charge in [-0.2, -0.15) is 0 Å². The Hall–Kier alpha value is -2.18. The van der Waals surface area contributed by atoms with Crippen LogP contribution in [0.2, 0.25) is 0 Å². The number of hydrogen-bond donors (Lipinski definition) is 0. The topological polar surface area (TPSA) is 0 Å². The fourth-order valence-electron chi connectivity index (χ4n) is 3.01. The van der Waals surface area contributed by atoms with Gasteiger partial charge in [-0.05, 0) is 41.0 Å². The fourth-order valence-corrected chi connectivity index (χ4v) is 3.01. The van der Waals surface area contributed by atoms with Crippen LogP contribution in [0.15, 0.2) is 59.8 Å². The van der Waals surface area contributed by atoms with Gasteiger partial charge in [-0.25, -0.2) is 8.78 Å². The molecule has 0 unspecified atom stereocenters. The summed E-state index contributed by atoms with van der Waals surface area (Å²) in [7, 11) is 0. The van der Waals surface area contributed by atoms with Crippen molar-refractivity contribution in [2.75, 3.05) is 0 Å². The Labute approximate surface area is 136 Å². The van der Waals surface area contributed by atoms with Gasteiger partial charge in [0.2, 0.25) is 0 Å². The van der Waals surface area contributed by atoms with E-state index >= 15 is 0 Å². The van der Waals surface area contributed by atoms with Gasteiger partial charge >= 0.3 is 0 Å². The molecule has 3 rings (SSSR count). The minimum atomic E-state index is -0.271. The van der Waals surface area contributed by atoms with Crippen LogP contribution in [0.25, 0.3) is 5.57 Å². The lowest BCUT2D eigenvalue weighted by molar-refractivity contribution is 0.457. The van der Waals surface area contributed by atoms with Crippen LogP contribution in [0.4, 0.5) is 8.78 Å². The first-order valence-corrected chi connectivity index (χ1v) is 7.77. The molecule has 1 fully saturated rings. The smallest absolute Gasteiger partial charge is 0.123 e. The summed E-state index contributed by atoms with van der Waals surface area (Å²) in [6.07, 6.45) is 0. The molecule has 2 aromatic carbocycles. The number of rotatable bonds is 2. The molecule has 2 aromatic rings. The largest absolute Gasteiger partial charge is 0.207 e. The molecule has 0 amide bonds. The third-order valence-corrected chi connectivity index (χ3v) is 5.27.